The standard InChI is InChI=1S/C12H20N2OS/c1-13-6-2-3-12-14-11(9-16-12)10-4-7-15-8-5-10/h9-10,13H,2-8H2,1H3. The van der Waals surface area contributed by atoms with Gasteiger partial charge in [-0.15, -0.1) is 11.3 Å². The molecule has 1 saturated heterocycles. The Labute approximate surface area is 101 Å². The lowest BCUT2D eigenvalue weighted by Gasteiger charge is -2.19. The van der Waals surface area contributed by atoms with Crippen LogP contribution in [0, 0.1) is 0 Å². The van der Waals surface area contributed by atoms with Crippen LogP contribution in [-0.4, -0.2) is 31.8 Å². The van der Waals surface area contributed by atoms with Crippen LogP contribution < -0.4 is 5.32 Å². The third kappa shape index (κ3) is 3.27. The zero-order valence-corrected chi connectivity index (χ0v) is 10.7. The number of thiazole rings is 1. The Morgan fingerprint density at radius 3 is 3.06 bits per heavy atom. The van der Waals surface area contributed by atoms with Crippen LogP contribution in [-0.2, 0) is 11.2 Å². The fraction of sp³-hybridized carbons (Fsp3) is 0.750. The maximum absolute atomic E-state index is 5.37. The minimum absolute atomic E-state index is 0.642. The van der Waals surface area contributed by atoms with E-state index in [2.05, 4.69) is 10.7 Å². The van der Waals surface area contributed by atoms with E-state index in [1.165, 1.54) is 17.1 Å². The molecular formula is C12H20N2OS. The van der Waals surface area contributed by atoms with Crippen LogP contribution in [0.5, 0.6) is 0 Å². The van der Waals surface area contributed by atoms with Gasteiger partial charge in [-0.2, -0.15) is 0 Å². The maximum atomic E-state index is 5.37. The Morgan fingerprint density at radius 1 is 1.50 bits per heavy atom. The van der Waals surface area contributed by atoms with Crippen molar-refractivity contribution >= 4 is 11.3 Å². The molecule has 1 fully saturated rings. The molecule has 1 aromatic heterocycles. The molecule has 1 aliphatic rings. The summed E-state index contributed by atoms with van der Waals surface area (Å²) in [7, 11) is 2.00. The van der Waals surface area contributed by atoms with Gasteiger partial charge < -0.3 is 10.1 Å². The van der Waals surface area contributed by atoms with Gasteiger partial charge in [-0.1, -0.05) is 0 Å². The zero-order valence-electron chi connectivity index (χ0n) is 9.87. The smallest absolute Gasteiger partial charge is 0.0928 e. The summed E-state index contributed by atoms with van der Waals surface area (Å²) in [4.78, 5) is 4.74. The number of nitrogens with zero attached hydrogens (tertiary/aromatic N) is 1. The second-order valence-electron chi connectivity index (χ2n) is 4.26. The van der Waals surface area contributed by atoms with Crippen molar-refractivity contribution in [2.45, 2.75) is 31.6 Å². The predicted molar refractivity (Wildman–Crippen MR) is 67.2 cm³/mol. The van der Waals surface area contributed by atoms with E-state index in [1.54, 1.807) is 0 Å². The molecule has 0 amide bonds. The molecule has 4 heteroatoms. The van der Waals surface area contributed by atoms with Crippen molar-refractivity contribution in [2.75, 3.05) is 26.8 Å². The van der Waals surface area contributed by atoms with Crippen molar-refractivity contribution < 1.29 is 4.74 Å². The van der Waals surface area contributed by atoms with Crippen molar-refractivity contribution in [1.82, 2.24) is 10.3 Å². The molecule has 0 aliphatic carbocycles. The van der Waals surface area contributed by atoms with Gasteiger partial charge in [-0.05, 0) is 32.9 Å². The molecule has 0 atom stereocenters. The van der Waals surface area contributed by atoms with Crippen LogP contribution in [0.2, 0.25) is 0 Å². The minimum atomic E-state index is 0.642. The molecule has 2 rings (SSSR count). The van der Waals surface area contributed by atoms with Gasteiger partial charge in [0, 0.05) is 30.9 Å². The van der Waals surface area contributed by atoms with Crippen LogP contribution in [0.4, 0.5) is 0 Å². The second kappa shape index (κ2) is 6.33. The highest BCUT2D eigenvalue weighted by Crippen LogP contribution is 2.28. The van der Waals surface area contributed by atoms with Crippen LogP contribution in [0.25, 0.3) is 0 Å². The van der Waals surface area contributed by atoms with Crippen LogP contribution in [0.3, 0.4) is 0 Å². The van der Waals surface area contributed by atoms with Crippen LogP contribution >= 0.6 is 11.3 Å². The summed E-state index contributed by atoms with van der Waals surface area (Å²) in [5.74, 6) is 0.642. The number of hydrogen-bond acceptors (Lipinski definition) is 4. The zero-order chi connectivity index (χ0) is 11.2. The molecule has 0 radical (unpaired) electrons. The first kappa shape index (κ1) is 12.0. The molecule has 2 heterocycles. The minimum Gasteiger partial charge on any atom is -0.381 e. The topological polar surface area (TPSA) is 34.2 Å². The average molecular weight is 240 g/mol. The molecule has 3 nitrogen and oxygen atoms in total. The lowest BCUT2D eigenvalue weighted by Crippen LogP contribution is -2.14. The molecule has 1 aromatic rings. The molecule has 16 heavy (non-hydrogen) atoms. The summed E-state index contributed by atoms with van der Waals surface area (Å²) in [6, 6.07) is 0. The van der Waals surface area contributed by atoms with E-state index in [0.717, 1.165) is 39.0 Å². The summed E-state index contributed by atoms with van der Waals surface area (Å²) in [5, 5.41) is 6.70. The maximum Gasteiger partial charge on any atom is 0.0928 e. The quantitative estimate of drug-likeness (QED) is 0.801. The summed E-state index contributed by atoms with van der Waals surface area (Å²) in [5.41, 5.74) is 1.30. The van der Waals surface area contributed by atoms with E-state index < -0.39 is 0 Å². The van der Waals surface area contributed by atoms with Gasteiger partial charge >= 0.3 is 0 Å². The highest BCUT2D eigenvalue weighted by atomic mass is 32.1. The molecule has 0 spiro atoms. The van der Waals surface area contributed by atoms with Gasteiger partial charge in [0.25, 0.3) is 0 Å². The average Bonchev–Trinajstić information content (AvgIpc) is 2.79. The Morgan fingerprint density at radius 2 is 2.31 bits per heavy atom. The lowest BCUT2D eigenvalue weighted by atomic mass is 9.97. The first-order valence-corrected chi connectivity index (χ1v) is 6.94. The molecule has 90 valence electrons. The Balaban J connectivity index is 1.85. The number of nitrogens with one attached hydrogen (secondary N) is 1. The van der Waals surface area contributed by atoms with Crippen molar-refractivity contribution in [3.8, 4) is 0 Å². The molecule has 0 unspecified atom stereocenters. The first-order valence-electron chi connectivity index (χ1n) is 6.07. The molecular weight excluding hydrogens is 220 g/mol. The highest BCUT2D eigenvalue weighted by Gasteiger charge is 2.18. The third-order valence-electron chi connectivity index (χ3n) is 3.03. The first-order chi connectivity index (χ1) is 7.90. The Bertz CT molecular complexity index is 308. The van der Waals surface area contributed by atoms with E-state index in [-0.39, 0.29) is 0 Å². The van der Waals surface area contributed by atoms with E-state index in [4.69, 9.17) is 9.72 Å². The van der Waals surface area contributed by atoms with Gasteiger partial charge in [-0.3, -0.25) is 0 Å². The Hall–Kier alpha value is -0.450. The Kier molecular flexibility index (Phi) is 4.75. The van der Waals surface area contributed by atoms with Crippen molar-refractivity contribution in [2.24, 2.45) is 0 Å². The van der Waals surface area contributed by atoms with Gasteiger partial charge in [-0.25, -0.2) is 4.98 Å². The van der Waals surface area contributed by atoms with E-state index in [9.17, 15) is 0 Å². The third-order valence-corrected chi connectivity index (χ3v) is 3.95. The highest BCUT2D eigenvalue weighted by molar-refractivity contribution is 7.09. The number of ether oxygens (including phenoxy) is 1. The fourth-order valence-corrected chi connectivity index (χ4v) is 2.96. The summed E-state index contributed by atoms with van der Waals surface area (Å²) in [6.07, 6.45) is 4.56. The van der Waals surface area contributed by atoms with Crippen molar-refractivity contribution in [3.05, 3.63) is 16.1 Å². The van der Waals surface area contributed by atoms with E-state index in [0.29, 0.717) is 5.92 Å². The molecule has 1 aliphatic heterocycles. The molecule has 0 aromatic carbocycles. The van der Waals surface area contributed by atoms with Crippen LogP contribution in [0.1, 0.15) is 35.9 Å². The number of aromatic nitrogens is 1. The predicted octanol–water partition coefficient (Wildman–Crippen LogP) is 2.19. The van der Waals surface area contributed by atoms with Crippen molar-refractivity contribution in [3.63, 3.8) is 0 Å². The van der Waals surface area contributed by atoms with Gasteiger partial charge in [0.15, 0.2) is 0 Å². The molecule has 1 N–H and O–H groups in total. The molecule has 0 saturated carbocycles. The van der Waals surface area contributed by atoms with Gasteiger partial charge in [0.1, 0.15) is 0 Å². The summed E-state index contributed by atoms with van der Waals surface area (Å²) < 4.78 is 5.37. The monoisotopic (exact) mass is 240 g/mol. The van der Waals surface area contributed by atoms with E-state index in [1.807, 2.05) is 18.4 Å². The number of rotatable bonds is 5. The summed E-state index contributed by atoms with van der Waals surface area (Å²) in [6.45, 7) is 2.88. The van der Waals surface area contributed by atoms with Crippen LogP contribution in [0.15, 0.2) is 5.38 Å². The normalized spacial score (nSPS) is 17.8. The lowest BCUT2D eigenvalue weighted by molar-refractivity contribution is 0.0846. The fourth-order valence-electron chi connectivity index (χ4n) is 2.04. The van der Waals surface area contributed by atoms with E-state index >= 15 is 0 Å². The SMILES string of the molecule is CNCCCc1nc(C2CCOCC2)cs1. The number of hydrogen-bond donors (Lipinski definition) is 1. The largest absolute Gasteiger partial charge is 0.381 e. The molecule has 0 bridgehead atoms. The van der Waals surface area contributed by atoms with Crippen molar-refractivity contribution in [1.29, 1.82) is 0 Å². The van der Waals surface area contributed by atoms with Gasteiger partial charge in [0.05, 0.1) is 10.7 Å². The summed E-state index contributed by atoms with van der Waals surface area (Å²) >= 11 is 1.81. The number of aryl methyl sites for hydroxylation is 1. The van der Waals surface area contributed by atoms with Gasteiger partial charge in [0.2, 0.25) is 0 Å². The second-order valence-corrected chi connectivity index (χ2v) is 5.20.